The maximum atomic E-state index is 4.26. The normalized spacial score (nSPS) is 10.7. The lowest BCUT2D eigenvalue weighted by Crippen LogP contribution is -2.16. The molecule has 0 bridgehead atoms. The molecule has 1 aromatic carbocycles. The monoisotopic (exact) mass is 285 g/mol. The van der Waals surface area contributed by atoms with Gasteiger partial charge < -0.3 is 15.5 Å². The molecular weight excluding hydrogens is 262 g/mol. The smallest absolute Gasteiger partial charge is 0.135 e. The molecule has 1 aromatic heterocycles. The van der Waals surface area contributed by atoms with Crippen molar-refractivity contribution in [2.45, 2.75) is 13.3 Å². The Morgan fingerprint density at radius 1 is 1.10 bits per heavy atom. The first-order chi connectivity index (χ1) is 10.1. The number of anilines is 3. The average molecular weight is 285 g/mol. The molecule has 0 saturated carbocycles. The summed E-state index contributed by atoms with van der Waals surface area (Å²) in [7, 11) is 4.16. The molecule has 0 saturated heterocycles. The standard InChI is InChI=1S/C16H23N5/c1-13-7-4-5-8-14(13)20-16-11-15(18-12-19-16)17-9-6-10-21(2)3/h4-5,7-8,11-12H,6,9-10H2,1-3H3,(H2,17,18,19,20). The third-order valence-electron chi connectivity index (χ3n) is 3.16. The molecule has 112 valence electrons. The van der Waals surface area contributed by atoms with Gasteiger partial charge in [-0.25, -0.2) is 9.97 Å². The molecule has 1 heterocycles. The van der Waals surface area contributed by atoms with Crippen LogP contribution in [-0.4, -0.2) is 42.1 Å². The Morgan fingerprint density at radius 2 is 1.86 bits per heavy atom. The number of aromatic nitrogens is 2. The molecule has 0 aliphatic rings. The molecule has 5 nitrogen and oxygen atoms in total. The zero-order chi connectivity index (χ0) is 15.1. The molecule has 0 amide bonds. The summed E-state index contributed by atoms with van der Waals surface area (Å²) in [6, 6.07) is 10.1. The van der Waals surface area contributed by atoms with Gasteiger partial charge in [-0.15, -0.1) is 0 Å². The summed E-state index contributed by atoms with van der Waals surface area (Å²) in [4.78, 5) is 10.7. The van der Waals surface area contributed by atoms with Crippen LogP contribution in [0.1, 0.15) is 12.0 Å². The Morgan fingerprint density at radius 3 is 2.62 bits per heavy atom. The van der Waals surface area contributed by atoms with E-state index in [0.29, 0.717) is 0 Å². The highest BCUT2D eigenvalue weighted by atomic mass is 15.1. The third kappa shape index (κ3) is 5.04. The summed E-state index contributed by atoms with van der Waals surface area (Å²) in [5, 5.41) is 6.64. The minimum absolute atomic E-state index is 0.800. The van der Waals surface area contributed by atoms with Crippen LogP contribution in [0, 0.1) is 6.92 Å². The molecule has 5 heteroatoms. The van der Waals surface area contributed by atoms with Crippen LogP contribution in [0.4, 0.5) is 17.3 Å². The van der Waals surface area contributed by atoms with Gasteiger partial charge in [-0.3, -0.25) is 0 Å². The molecule has 0 fully saturated rings. The van der Waals surface area contributed by atoms with E-state index in [-0.39, 0.29) is 0 Å². The van der Waals surface area contributed by atoms with Crippen molar-refractivity contribution in [2.75, 3.05) is 37.8 Å². The summed E-state index contributed by atoms with van der Waals surface area (Å²) in [5.41, 5.74) is 2.26. The zero-order valence-corrected chi connectivity index (χ0v) is 12.9. The van der Waals surface area contributed by atoms with Crippen LogP contribution < -0.4 is 10.6 Å². The van der Waals surface area contributed by atoms with Crippen LogP contribution in [0.5, 0.6) is 0 Å². The van der Waals surface area contributed by atoms with E-state index >= 15 is 0 Å². The minimum Gasteiger partial charge on any atom is -0.370 e. The number of para-hydroxylation sites is 1. The molecule has 2 N–H and O–H groups in total. The highest BCUT2D eigenvalue weighted by Crippen LogP contribution is 2.19. The summed E-state index contributed by atoms with van der Waals surface area (Å²) in [6.45, 7) is 4.04. The second-order valence-corrected chi connectivity index (χ2v) is 5.31. The topological polar surface area (TPSA) is 53.1 Å². The van der Waals surface area contributed by atoms with Crippen molar-refractivity contribution in [3.63, 3.8) is 0 Å². The fourth-order valence-electron chi connectivity index (χ4n) is 1.99. The largest absolute Gasteiger partial charge is 0.370 e. The molecule has 0 spiro atoms. The first-order valence-electron chi connectivity index (χ1n) is 7.18. The number of nitrogens with zero attached hydrogens (tertiary/aromatic N) is 3. The van der Waals surface area contributed by atoms with Crippen molar-refractivity contribution < 1.29 is 0 Å². The SMILES string of the molecule is Cc1ccccc1Nc1cc(NCCCN(C)C)ncn1. The van der Waals surface area contributed by atoms with Gasteiger partial charge >= 0.3 is 0 Å². The predicted octanol–water partition coefficient (Wildman–Crippen LogP) is 2.89. The third-order valence-corrected chi connectivity index (χ3v) is 3.16. The highest BCUT2D eigenvalue weighted by molar-refractivity contribution is 5.61. The number of hydrogen-bond acceptors (Lipinski definition) is 5. The van der Waals surface area contributed by atoms with Crippen molar-refractivity contribution in [2.24, 2.45) is 0 Å². The molecule has 2 aromatic rings. The molecule has 0 aliphatic carbocycles. The number of nitrogens with one attached hydrogen (secondary N) is 2. The van der Waals surface area contributed by atoms with Crippen molar-refractivity contribution in [3.05, 3.63) is 42.2 Å². The summed E-state index contributed by atoms with van der Waals surface area (Å²) < 4.78 is 0. The molecule has 0 radical (unpaired) electrons. The van der Waals surface area contributed by atoms with E-state index in [4.69, 9.17) is 0 Å². The average Bonchev–Trinajstić information content (AvgIpc) is 2.46. The van der Waals surface area contributed by atoms with Crippen molar-refractivity contribution in [1.82, 2.24) is 14.9 Å². The summed E-state index contributed by atoms with van der Waals surface area (Å²) >= 11 is 0. The van der Waals surface area contributed by atoms with Crippen LogP contribution in [0.2, 0.25) is 0 Å². The molecule has 0 unspecified atom stereocenters. The number of hydrogen-bond donors (Lipinski definition) is 2. The Labute approximate surface area is 126 Å². The summed E-state index contributed by atoms with van der Waals surface area (Å²) in [6.07, 6.45) is 2.66. The van der Waals surface area contributed by atoms with Gasteiger partial charge in [0.1, 0.15) is 18.0 Å². The maximum Gasteiger partial charge on any atom is 0.135 e. The van der Waals surface area contributed by atoms with E-state index in [1.54, 1.807) is 6.33 Å². The van der Waals surface area contributed by atoms with Crippen molar-refractivity contribution in [1.29, 1.82) is 0 Å². The van der Waals surface area contributed by atoms with E-state index in [1.807, 2.05) is 24.3 Å². The van der Waals surface area contributed by atoms with Crippen LogP contribution in [0.15, 0.2) is 36.7 Å². The Balaban J connectivity index is 1.93. The van der Waals surface area contributed by atoms with Gasteiger partial charge in [0, 0.05) is 18.3 Å². The maximum absolute atomic E-state index is 4.26. The predicted molar refractivity (Wildman–Crippen MR) is 88.2 cm³/mol. The molecule has 21 heavy (non-hydrogen) atoms. The molecule has 0 aliphatic heterocycles. The van der Waals surface area contributed by atoms with Crippen LogP contribution in [0.25, 0.3) is 0 Å². The van der Waals surface area contributed by atoms with E-state index in [1.165, 1.54) is 5.56 Å². The van der Waals surface area contributed by atoms with Gasteiger partial charge in [0.15, 0.2) is 0 Å². The van der Waals surface area contributed by atoms with E-state index in [2.05, 4.69) is 52.6 Å². The van der Waals surface area contributed by atoms with Gasteiger partial charge in [0.25, 0.3) is 0 Å². The second kappa shape index (κ2) is 7.59. The Kier molecular flexibility index (Phi) is 5.51. The van der Waals surface area contributed by atoms with Crippen LogP contribution in [-0.2, 0) is 0 Å². The lowest BCUT2D eigenvalue weighted by molar-refractivity contribution is 0.405. The van der Waals surface area contributed by atoms with Crippen LogP contribution in [0.3, 0.4) is 0 Å². The Bertz CT molecular complexity index is 568. The fraction of sp³-hybridized carbons (Fsp3) is 0.375. The lowest BCUT2D eigenvalue weighted by Gasteiger charge is -2.11. The number of aryl methyl sites for hydroxylation is 1. The molecule has 2 rings (SSSR count). The first kappa shape index (κ1) is 15.3. The van der Waals surface area contributed by atoms with Gasteiger partial charge in [0.05, 0.1) is 0 Å². The quantitative estimate of drug-likeness (QED) is 0.766. The van der Waals surface area contributed by atoms with Gasteiger partial charge in [-0.05, 0) is 45.6 Å². The van der Waals surface area contributed by atoms with E-state index in [0.717, 1.165) is 36.8 Å². The van der Waals surface area contributed by atoms with Gasteiger partial charge in [0.2, 0.25) is 0 Å². The van der Waals surface area contributed by atoms with Gasteiger partial charge in [-0.2, -0.15) is 0 Å². The minimum atomic E-state index is 0.800. The number of benzene rings is 1. The zero-order valence-electron chi connectivity index (χ0n) is 12.9. The first-order valence-corrected chi connectivity index (χ1v) is 7.18. The highest BCUT2D eigenvalue weighted by Gasteiger charge is 2.01. The molecule has 0 atom stereocenters. The molecular formula is C16H23N5. The van der Waals surface area contributed by atoms with Crippen LogP contribution >= 0.6 is 0 Å². The van der Waals surface area contributed by atoms with Gasteiger partial charge in [-0.1, -0.05) is 18.2 Å². The lowest BCUT2D eigenvalue weighted by atomic mass is 10.2. The second-order valence-electron chi connectivity index (χ2n) is 5.31. The summed E-state index contributed by atoms with van der Waals surface area (Å²) in [5.74, 6) is 1.65. The number of rotatable bonds is 7. The fourth-order valence-corrected chi connectivity index (χ4v) is 1.99. The Hall–Kier alpha value is -2.14. The van der Waals surface area contributed by atoms with Crippen molar-refractivity contribution >= 4 is 17.3 Å². The van der Waals surface area contributed by atoms with Crippen molar-refractivity contribution in [3.8, 4) is 0 Å². The van der Waals surface area contributed by atoms with E-state index < -0.39 is 0 Å². The van der Waals surface area contributed by atoms with E-state index in [9.17, 15) is 0 Å².